The van der Waals surface area contributed by atoms with Crippen molar-refractivity contribution in [2.24, 2.45) is 18.9 Å². The Kier molecular flexibility index (Phi) is 7.65. The van der Waals surface area contributed by atoms with Crippen molar-refractivity contribution in [3.63, 3.8) is 0 Å². The van der Waals surface area contributed by atoms with Gasteiger partial charge in [0.1, 0.15) is 5.75 Å². The summed E-state index contributed by atoms with van der Waals surface area (Å²) in [7, 11) is 3.14. The Morgan fingerprint density at radius 3 is 2.43 bits per heavy atom. The van der Waals surface area contributed by atoms with E-state index in [1.807, 2.05) is 19.2 Å². The Balaban J connectivity index is 1.54. The van der Waals surface area contributed by atoms with Crippen LogP contribution in [-0.2, 0) is 27.8 Å². The zero-order valence-corrected chi connectivity index (χ0v) is 21.9. The topological polar surface area (TPSA) is 60.8 Å². The number of carbonyl (C=O) groups is 2. The van der Waals surface area contributed by atoms with Gasteiger partial charge in [-0.2, -0.15) is 0 Å². The van der Waals surface area contributed by atoms with Crippen molar-refractivity contribution in [2.45, 2.75) is 44.8 Å². The van der Waals surface area contributed by atoms with Gasteiger partial charge in [0.15, 0.2) is 0 Å². The van der Waals surface area contributed by atoms with Gasteiger partial charge in [0, 0.05) is 49.3 Å². The summed E-state index contributed by atoms with van der Waals surface area (Å²) in [6.45, 7) is 4.63. The van der Waals surface area contributed by atoms with Crippen LogP contribution in [0.3, 0.4) is 0 Å². The molecule has 0 radical (unpaired) electrons. The number of likely N-dealkylation sites (tertiary alicyclic amines) is 1. The summed E-state index contributed by atoms with van der Waals surface area (Å²) >= 11 is 6.92. The number of rotatable bonds is 5. The van der Waals surface area contributed by atoms with E-state index in [1.165, 1.54) is 19.2 Å². The highest BCUT2D eigenvalue weighted by molar-refractivity contribution is 6.26. The number of nitrogens with zero attached hydrogens (tertiary/aromatic N) is 2. The van der Waals surface area contributed by atoms with E-state index in [4.69, 9.17) is 16.3 Å². The predicted molar refractivity (Wildman–Crippen MR) is 134 cm³/mol. The molecule has 1 aromatic carbocycles. The monoisotopic (exact) mass is 538 g/mol. The second-order valence-corrected chi connectivity index (χ2v) is 10.3. The van der Waals surface area contributed by atoms with E-state index in [-0.39, 0.29) is 29.5 Å². The lowest BCUT2D eigenvalue weighted by atomic mass is 9.82. The zero-order chi connectivity index (χ0) is 27.1. The lowest BCUT2D eigenvalue weighted by molar-refractivity contribution is -0.274. The Morgan fingerprint density at radius 2 is 1.81 bits per heavy atom. The number of benzene rings is 1. The van der Waals surface area contributed by atoms with Crippen LogP contribution in [-0.4, -0.2) is 53.3 Å². The molecule has 2 atom stereocenters. The summed E-state index contributed by atoms with van der Waals surface area (Å²) in [6.07, 6.45) is 2.41. The first-order chi connectivity index (χ1) is 17.4. The number of aryl methyl sites for hydroxylation is 2. The van der Waals surface area contributed by atoms with Gasteiger partial charge in [0.05, 0.1) is 23.9 Å². The smallest absolute Gasteiger partial charge is 0.469 e. The molecule has 1 aliphatic heterocycles. The van der Waals surface area contributed by atoms with Gasteiger partial charge < -0.3 is 18.9 Å². The number of alkyl halides is 4. The number of aromatic nitrogens is 1. The number of amides is 1. The highest BCUT2D eigenvalue weighted by Crippen LogP contribution is 2.38. The summed E-state index contributed by atoms with van der Waals surface area (Å²) in [4.78, 5) is 26.9. The highest BCUT2D eigenvalue weighted by atomic mass is 35.5. The van der Waals surface area contributed by atoms with Crippen LogP contribution in [0.4, 0.5) is 13.2 Å². The van der Waals surface area contributed by atoms with Crippen LogP contribution in [0, 0.1) is 18.8 Å². The lowest BCUT2D eigenvalue weighted by Crippen LogP contribution is -2.43. The zero-order valence-electron chi connectivity index (χ0n) is 21.2. The Morgan fingerprint density at radius 1 is 1.14 bits per heavy atom. The molecule has 1 amide bonds. The van der Waals surface area contributed by atoms with Gasteiger partial charge >= 0.3 is 12.3 Å². The van der Waals surface area contributed by atoms with Crippen molar-refractivity contribution in [3.05, 3.63) is 52.8 Å². The van der Waals surface area contributed by atoms with E-state index in [0.717, 1.165) is 16.5 Å². The minimum atomic E-state index is -4.77. The van der Waals surface area contributed by atoms with Gasteiger partial charge in [0.25, 0.3) is 5.91 Å². The summed E-state index contributed by atoms with van der Waals surface area (Å²) in [5.41, 5.74) is 3.75. The Labute approximate surface area is 218 Å². The third-order valence-corrected chi connectivity index (χ3v) is 7.88. The van der Waals surface area contributed by atoms with Crippen LogP contribution in [0.2, 0.25) is 0 Å². The number of halogens is 4. The number of ether oxygens (including phenoxy) is 2. The highest BCUT2D eigenvalue weighted by Gasteiger charge is 2.36. The molecule has 2 heterocycles. The third kappa shape index (κ3) is 5.66. The molecule has 2 unspecified atom stereocenters. The predicted octanol–water partition coefficient (Wildman–Crippen LogP) is 5.45. The van der Waals surface area contributed by atoms with Crippen LogP contribution in [0.5, 0.6) is 5.75 Å². The number of esters is 1. The van der Waals surface area contributed by atoms with Crippen LogP contribution in [0.25, 0.3) is 10.9 Å². The first-order valence-corrected chi connectivity index (χ1v) is 12.6. The molecule has 0 N–H and O–H groups in total. The average molecular weight is 539 g/mol. The van der Waals surface area contributed by atoms with Gasteiger partial charge in [-0.1, -0.05) is 17.7 Å². The number of carbonyl (C=O) groups excluding carboxylic acids is 2. The second kappa shape index (κ2) is 10.4. The fraction of sp³-hybridized carbons (Fsp3) is 0.481. The molecule has 2 aromatic rings. The van der Waals surface area contributed by atoms with Crippen molar-refractivity contribution in [1.29, 1.82) is 0 Å². The van der Waals surface area contributed by atoms with Gasteiger partial charge in [0.2, 0.25) is 0 Å². The standard InChI is InChI=1S/C27H30ClF3N2O4/c1-15-5-6-20(25(34)33-9-7-17(8-10-33)26(35)36-4)24(28)21(15)12-18-14-32(3)22-13-19(37-27(29,30)31)11-16(2)23(18)22/h5-6,11,13-14,17,21,24H,7-10,12H2,1-4H3. The molecule has 200 valence electrons. The Hall–Kier alpha value is -2.94. The van der Waals surface area contributed by atoms with E-state index < -0.39 is 11.7 Å². The van der Waals surface area contributed by atoms with E-state index in [9.17, 15) is 22.8 Å². The van der Waals surface area contributed by atoms with E-state index >= 15 is 0 Å². The Bertz CT molecular complexity index is 1270. The summed E-state index contributed by atoms with van der Waals surface area (Å²) in [5, 5.41) is 0.278. The normalized spacial score (nSPS) is 21.0. The molecular formula is C27H30ClF3N2O4. The summed E-state index contributed by atoms with van der Waals surface area (Å²) in [5.74, 6) is -1.02. The van der Waals surface area contributed by atoms with Crippen LogP contribution in [0.1, 0.15) is 30.9 Å². The summed E-state index contributed by atoms with van der Waals surface area (Å²) in [6, 6.07) is 2.77. The first-order valence-electron chi connectivity index (χ1n) is 12.1. The van der Waals surface area contributed by atoms with Crippen molar-refractivity contribution in [2.75, 3.05) is 20.2 Å². The molecule has 2 aliphatic rings. The molecule has 6 nitrogen and oxygen atoms in total. The van der Waals surface area contributed by atoms with Crippen LogP contribution < -0.4 is 4.74 Å². The maximum Gasteiger partial charge on any atom is 0.573 e. The van der Waals surface area contributed by atoms with Gasteiger partial charge in [-0.3, -0.25) is 9.59 Å². The fourth-order valence-electron chi connectivity index (χ4n) is 5.39. The molecule has 0 bridgehead atoms. The second-order valence-electron chi connectivity index (χ2n) is 9.78. The van der Waals surface area contributed by atoms with E-state index in [2.05, 4.69) is 4.74 Å². The maximum absolute atomic E-state index is 13.4. The molecule has 1 aromatic heterocycles. The van der Waals surface area contributed by atoms with Crippen LogP contribution in [0.15, 0.2) is 41.6 Å². The quantitative estimate of drug-likeness (QED) is 0.375. The molecule has 0 spiro atoms. The van der Waals surface area contributed by atoms with Gasteiger partial charge in [-0.05, 0) is 50.3 Å². The molecule has 0 saturated carbocycles. The van der Waals surface area contributed by atoms with Crippen molar-refractivity contribution >= 4 is 34.4 Å². The largest absolute Gasteiger partial charge is 0.573 e. The van der Waals surface area contributed by atoms with Crippen molar-refractivity contribution < 1.29 is 32.2 Å². The average Bonchev–Trinajstić information content (AvgIpc) is 3.15. The fourth-order valence-corrected chi connectivity index (χ4v) is 5.84. The first kappa shape index (κ1) is 27.1. The van der Waals surface area contributed by atoms with Crippen LogP contribution >= 0.6 is 11.6 Å². The van der Waals surface area contributed by atoms with E-state index in [1.54, 1.807) is 29.5 Å². The van der Waals surface area contributed by atoms with Gasteiger partial charge in [-0.25, -0.2) is 0 Å². The van der Waals surface area contributed by atoms with Gasteiger partial charge in [-0.15, -0.1) is 24.8 Å². The number of hydrogen-bond acceptors (Lipinski definition) is 4. The number of methoxy groups -OCH3 is 1. The number of hydrogen-bond donors (Lipinski definition) is 0. The third-order valence-electron chi connectivity index (χ3n) is 7.34. The molecule has 4 rings (SSSR count). The molecule has 1 saturated heterocycles. The van der Waals surface area contributed by atoms with E-state index in [0.29, 0.717) is 49.0 Å². The molecular weight excluding hydrogens is 509 g/mol. The summed E-state index contributed by atoms with van der Waals surface area (Å²) < 4.78 is 49.1. The molecule has 37 heavy (non-hydrogen) atoms. The number of fused-ring (bicyclic) bond motifs is 1. The number of allylic oxidation sites excluding steroid dienone is 3. The number of piperidine rings is 1. The minimum Gasteiger partial charge on any atom is -0.469 e. The SMILES string of the molecule is COC(=O)C1CCN(C(=O)C2=CC=C(C)C(Cc3cn(C)c4cc(OC(F)(F)F)cc(C)c34)C2Cl)CC1. The maximum atomic E-state index is 13.4. The van der Waals surface area contributed by atoms with Crippen molar-refractivity contribution in [1.82, 2.24) is 9.47 Å². The lowest BCUT2D eigenvalue weighted by Gasteiger charge is -2.34. The molecule has 1 fully saturated rings. The molecule has 1 aliphatic carbocycles. The molecule has 10 heteroatoms. The minimum absolute atomic E-state index is 0.139. The van der Waals surface area contributed by atoms with Crippen molar-refractivity contribution in [3.8, 4) is 5.75 Å².